The third-order valence-corrected chi connectivity index (χ3v) is 2.86. The molecule has 3 nitrogen and oxygen atoms in total. The first-order chi connectivity index (χ1) is 6.04. The van der Waals surface area contributed by atoms with Crippen LogP contribution in [0.5, 0.6) is 0 Å². The van der Waals surface area contributed by atoms with Gasteiger partial charge in [0.25, 0.3) is 0 Å². The predicted molar refractivity (Wildman–Crippen MR) is 68.3 cm³/mol. The molecule has 1 rings (SSSR count). The van der Waals surface area contributed by atoms with Crippen LogP contribution in [-0.2, 0) is 4.79 Å². The van der Waals surface area contributed by atoms with Crippen molar-refractivity contribution in [1.82, 2.24) is 9.80 Å². The molecule has 1 saturated carbocycles. The van der Waals surface area contributed by atoms with Crippen molar-refractivity contribution in [3.63, 3.8) is 0 Å². The number of hydrogen-bond acceptors (Lipinski definition) is 3. The first kappa shape index (κ1) is 17.6. The molecule has 0 aromatic carbocycles. The quantitative estimate of drug-likeness (QED) is 0.748. The minimum Gasteiger partial charge on any atom is -0.300 e. The van der Waals surface area contributed by atoms with E-state index in [9.17, 15) is 4.79 Å². The minimum absolute atomic E-state index is 0. The van der Waals surface area contributed by atoms with Crippen LogP contribution in [0.15, 0.2) is 0 Å². The molecule has 0 aliphatic heterocycles. The maximum absolute atomic E-state index is 11.9. The van der Waals surface area contributed by atoms with Crippen LogP contribution in [0.25, 0.3) is 0 Å². The van der Waals surface area contributed by atoms with Crippen LogP contribution in [0, 0.1) is 0 Å². The maximum atomic E-state index is 11.9. The first-order valence-electron chi connectivity index (χ1n) is 4.90. The molecule has 0 N–H and O–H groups in total. The van der Waals surface area contributed by atoms with Gasteiger partial charge in [0.1, 0.15) is 0 Å². The van der Waals surface area contributed by atoms with Crippen LogP contribution >= 0.6 is 24.8 Å². The van der Waals surface area contributed by atoms with Gasteiger partial charge >= 0.3 is 0 Å². The molecule has 15 heavy (non-hydrogen) atoms. The second-order valence-corrected chi connectivity index (χ2v) is 4.29. The van der Waals surface area contributed by atoms with Gasteiger partial charge in [-0.15, -0.1) is 24.8 Å². The van der Waals surface area contributed by atoms with E-state index in [1.54, 1.807) is 0 Å². The zero-order valence-electron chi connectivity index (χ0n) is 9.90. The molecule has 2 atom stereocenters. The Morgan fingerprint density at radius 1 is 0.933 bits per heavy atom. The molecule has 0 radical (unpaired) electrons. The van der Waals surface area contributed by atoms with Gasteiger partial charge in [-0.05, 0) is 47.5 Å². The van der Waals surface area contributed by atoms with Crippen molar-refractivity contribution in [3.8, 4) is 0 Å². The summed E-state index contributed by atoms with van der Waals surface area (Å²) in [7, 11) is 7.95. The highest BCUT2D eigenvalue weighted by atomic mass is 35.5. The fourth-order valence-electron chi connectivity index (χ4n) is 2.04. The van der Waals surface area contributed by atoms with Crippen LogP contribution < -0.4 is 0 Å². The van der Waals surface area contributed by atoms with Gasteiger partial charge in [-0.25, -0.2) is 0 Å². The lowest BCUT2D eigenvalue weighted by Gasteiger charge is -2.34. The van der Waals surface area contributed by atoms with Crippen molar-refractivity contribution >= 4 is 30.6 Å². The van der Waals surface area contributed by atoms with Crippen LogP contribution in [0.4, 0.5) is 0 Å². The molecule has 0 saturated heterocycles. The summed E-state index contributed by atoms with van der Waals surface area (Å²) in [4.78, 5) is 16.0. The number of carbonyl (C=O) groups excluding carboxylic acids is 1. The normalized spacial score (nSPS) is 26.1. The fourth-order valence-corrected chi connectivity index (χ4v) is 2.04. The summed E-state index contributed by atoms with van der Waals surface area (Å²) in [5.41, 5.74) is 0. The number of likely N-dealkylation sites (N-methyl/N-ethyl adjacent to an activating group) is 2. The minimum atomic E-state index is 0. The van der Waals surface area contributed by atoms with Gasteiger partial charge in [-0.2, -0.15) is 0 Å². The van der Waals surface area contributed by atoms with E-state index >= 15 is 0 Å². The lowest BCUT2D eigenvalue weighted by atomic mass is 9.88. The number of rotatable bonds is 2. The molecule has 1 fully saturated rings. The highest BCUT2D eigenvalue weighted by molar-refractivity contribution is 5.89. The van der Waals surface area contributed by atoms with E-state index in [1.165, 1.54) is 0 Å². The van der Waals surface area contributed by atoms with Crippen molar-refractivity contribution in [2.45, 2.75) is 31.3 Å². The van der Waals surface area contributed by atoms with Crippen molar-refractivity contribution in [2.75, 3.05) is 28.2 Å². The molecule has 0 aromatic rings. The van der Waals surface area contributed by atoms with E-state index in [4.69, 9.17) is 0 Å². The van der Waals surface area contributed by atoms with E-state index in [2.05, 4.69) is 0 Å². The van der Waals surface area contributed by atoms with E-state index < -0.39 is 0 Å². The third-order valence-electron chi connectivity index (χ3n) is 2.86. The third kappa shape index (κ3) is 4.27. The molecule has 1 aliphatic rings. The van der Waals surface area contributed by atoms with Crippen molar-refractivity contribution < 1.29 is 4.79 Å². The number of carbonyl (C=O) groups is 1. The van der Waals surface area contributed by atoms with E-state index in [-0.39, 0.29) is 36.9 Å². The molecular weight excluding hydrogens is 235 g/mol. The number of ketones is 1. The van der Waals surface area contributed by atoms with Gasteiger partial charge < -0.3 is 0 Å². The number of Topliss-reactive ketones (excluding diaryl/α,β-unsaturated/α-hetero) is 1. The lowest BCUT2D eigenvalue weighted by molar-refractivity contribution is -0.130. The summed E-state index contributed by atoms with van der Waals surface area (Å²) in [6, 6.07) is 0.280. The van der Waals surface area contributed by atoms with Crippen LogP contribution in [0.3, 0.4) is 0 Å². The standard InChI is InChI=1S/C10H20N2O.2ClH/c1-11(2)8-6-5-7-9(10(8)13)12(3)4;;/h8-9H,5-7H2,1-4H3;2*1H. The SMILES string of the molecule is CN(C)C1CCCC(N(C)C)C1=O.Cl.Cl. The smallest absolute Gasteiger partial charge is 0.166 e. The summed E-state index contributed by atoms with van der Waals surface area (Å²) in [5, 5.41) is 0. The van der Waals surface area contributed by atoms with Gasteiger partial charge in [0.05, 0.1) is 12.1 Å². The Morgan fingerprint density at radius 2 is 1.27 bits per heavy atom. The number of nitrogens with zero attached hydrogens (tertiary/aromatic N) is 2. The number of hydrogen-bond donors (Lipinski definition) is 0. The summed E-state index contributed by atoms with van der Waals surface area (Å²) in [6.45, 7) is 0. The number of halogens is 2. The highest BCUT2D eigenvalue weighted by Crippen LogP contribution is 2.21. The van der Waals surface area contributed by atoms with E-state index in [0.29, 0.717) is 5.78 Å². The summed E-state index contributed by atoms with van der Waals surface area (Å²) in [5.74, 6) is 0.390. The van der Waals surface area contributed by atoms with Gasteiger partial charge in [-0.1, -0.05) is 0 Å². The van der Waals surface area contributed by atoms with E-state index in [0.717, 1.165) is 19.3 Å². The predicted octanol–water partition coefficient (Wildman–Crippen LogP) is 1.44. The topological polar surface area (TPSA) is 23.6 Å². The molecule has 0 amide bonds. The summed E-state index contributed by atoms with van der Waals surface area (Å²) >= 11 is 0. The monoisotopic (exact) mass is 256 g/mol. The second kappa shape index (κ2) is 7.44. The fraction of sp³-hybridized carbons (Fsp3) is 0.900. The van der Waals surface area contributed by atoms with Crippen molar-refractivity contribution in [3.05, 3.63) is 0 Å². The van der Waals surface area contributed by atoms with Crippen LogP contribution in [0.1, 0.15) is 19.3 Å². The molecular formula is C10H22Cl2N2O. The van der Waals surface area contributed by atoms with Gasteiger partial charge in [-0.3, -0.25) is 14.6 Å². The Balaban J connectivity index is 0. The Hall–Kier alpha value is 0.170. The lowest BCUT2D eigenvalue weighted by Crippen LogP contribution is -2.50. The van der Waals surface area contributed by atoms with Crippen molar-refractivity contribution in [1.29, 1.82) is 0 Å². The molecule has 2 unspecified atom stereocenters. The molecule has 1 aliphatic carbocycles. The first-order valence-corrected chi connectivity index (χ1v) is 4.90. The van der Waals surface area contributed by atoms with E-state index in [1.807, 2.05) is 38.0 Å². The largest absolute Gasteiger partial charge is 0.300 e. The Labute approximate surface area is 105 Å². The Bertz CT molecular complexity index is 180. The average Bonchev–Trinajstić information content (AvgIpc) is 2.03. The summed E-state index contributed by atoms with van der Waals surface area (Å²) < 4.78 is 0. The van der Waals surface area contributed by atoms with Gasteiger partial charge in [0.15, 0.2) is 5.78 Å². The second-order valence-electron chi connectivity index (χ2n) is 4.29. The zero-order chi connectivity index (χ0) is 10.0. The Kier molecular flexibility index (Phi) is 8.72. The average molecular weight is 257 g/mol. The molecule has 0 bridgehead atoms. The van der Waals surface area contributed by atoms with Crippen molar-refractivity contribution in [2.24, 2.45) is 0 Å². The molecule has 0 spiro atoms. The van der Waals surface area contributed by atoms with Crippen LogP contribution in [0.2, 0.25) is 0 Å². The highest BCUT2D eigenvalue weighted by Gasteiger charge is 2.33. The van der Waals surface area contributed by atoms with Gasteiger partial charge in [0.2, 0.25) is 0 Å². The summed E-state index contributed by atoms with van der Waals surface area (Å²) in [6.07, 6.45) is 3.21. The molecule has 92 valence electrons. The molecule has 0 heterocycles. The molecule has 0 aromatic heterocycles. The molecule has 5 heteroatoms. The maximum Gasteiger partial charge on any atom is 0.166 e. The van der Waals surface area contributed by atoms with Crippen LogP contribution in [-0.4, -0.2) is 55.9 Å². The Morgan fingerprint density at radius 3 is 1.53 bits per heavy atom. The zero-order valence-corrected chi connectivity index (χ0v) is 11.5. The van der Waals surface area contributed by atoms with Gasteiger partial charge in [0, 0.05) is 0 Å².